The number of benzene rings is 1. The van der Waals surface area contributed by atoms with Crippen LogP contribution in [-0.4, -0.2) is 11.0 Å². The lowest BCUT2D eigenvalue weighted by atomic mass is 10.1. The van der Waals surface area contributed by atoms with Gasteiger partial charge in [0.25, 0.3) is 0 Å². The summed E-state index contributed by atoms with van der Waals surface area (Å²) in [6.45, 7) is 4.93. The Morgan fingerprint density at radius 3 is 2.62 bits per heavy atom. The van der Waals surface area contributed by atoms with Crippen molar-refractivity contribution in [2.45, 2.75) is 39.3 Å². The quantitative estimate of drug-likeness (QED) is 0.864. The van der Waals surface area contributed by atoms with E-state index in [0.29, 0.717) is 11.9 Å². The number of aromatic nitrogens is 1. The number of hydrogen-bond acceptors (Lipinski definition) is 3. The zero-order chi connectivity index (χ0) is 14.8. The molecular formula is C17H19BrN2O. The van der Waals surface area contributed by atoms with Gasteiger partial charge in [0.15, 0.2) is 0 Å². The highest BCUT2D eigenvalue weighted by atomic mass is 79.9. The van der Waals surface area contributed by atoms with Crippen LogP contribution >= 0.6 is 15.9 Å². The maximum absolute atomic E-state index is 5.90. The average Bonchev–Trinajstić information content (AvgIpc) is 3.27. The van der Waals surface area contributed by atoms with Crippen LogP contribution in [0.2, 0.25) is 0 Å². The van der Waals surface area contributed by atoms with E-state index in [1.807, 2.05) is 30.3 Å². The lowest BCUT2D eigenvalue weighted by Gasteiger charge is -2.10. The second-order valence-electron chi connectivity index (χ2n) is 5.60. The van der Waals surface area contributed by atoms with E-state index in [2.05, 4.69) is 40.1 Å². The Labute approximate surface area is 133 Å². The Kier molecular flexibility index (Phi) is 4.27. The molecule has 0 amide bonds. The second kappa shape index (κ2) is 6.16. The molecule has 0 bridgehead atoms. The maximum Gasteiger partial charge on any atom is 0.219 e. The van der Waals surface area contributed by atoms with Crippen molar-refractivity contribution >= 4 is 15.9 Å². The number of halogens is 1. The molecule has 1 saturated carbocycles. The van der Waals surface area contributed by atoms with Gasteiger partial charge < -0.3 is 10.1 Å². The summed E-state index contributed by atoms with van der Waals surface area (Å²) in [5.74, 6) is 1.47. The summed E-state index contributed by atoms with van der Waals surface area (Å²) in [7, 11) is 0. The zero-order valence-corrected chi connectivity index (χ0v) is 13.9. The molecule has 4 heteroatoms. The topological polar surface area (TPSA) is 34.1 Å². The van der Waals surface area contributed by atoms with Crippen molar-refractivity contribution in [1.82, 2.24) is 10.3 Å². The van der Waals surface area contributed by atoms with Gasteiger partial charge in [-0.05, 0) is 56.0 Å². The predicted octanol–water partition coefficient (Wildman–Crippen LogP) is 4.51. The largest absolute Gasteiger partial charge is 0.439 e. The molecule has 0 atom stereocenters. The number of ether oxygens (including phenoxy) is 1. The minimum Gasteiger partial charge on any atom is -0.439 e. The van der Waals surface area contributed by atoms with Crippen molar-refractivity contribution in [3.05, 3.63) is 51.6 Å². The van der Waals surface area contributed by atoms with Gasteiger partial charge in [-0.3, -0.25) is 0 Å². The molecule has 0 saturated heterocycles. The van der Waals surface area contributed by atoms with Crippen molar-refractivity contribution < 1.29 is 4.74 Å². The third kappa shape index (κ3) is 3.83. The first kappa shape index (κ1) is 14.5. The van der Waals surface area contributed by atoms with Crippen LogP contribution in [0.5, 0.6) is 11.6 Å². The molecule has 2 aromatic rings. The average molecular weight is 347 g/mol. The second-order valence-corrected chi connectivity index (χ2v) is 6.39. The summed E-state index contributed by atoms with van der Waals surface area (Å²) in [4.78, 5) is 4.55. The Morgan fingerprint density at radius 1 is 1.24 bits per heavy atom. The predicted molar refractivity (Wildman–Crippen MR) is 87.8 cm³/mol. The van der Waals surface area contributed by atoms with E-state index in [1.165, 1.54) is 12.8 Å². The van der Waals surface area contributed by atoms with E-state index in [9.17, 15) is 0 Å². The molecular weight excluding hydrogens is 328 g/mol. The highest BCUT2D eigenvalue weighted by Crippen LogP contribution is 2.29. The molecule has 1 aromatic heterocycles. The highest BCUT2D eigenvalue weighted by molar-refractivity contribution is 9.10. The SMILES string of the molecule is Cc1cc(Oc2cccc(CNC3CC3)n2)cc(C)c1Br. The molecule has 1 fully saturated rings. The smallest absolute Gasteiger partial charge is 0.219 e. The van der Waals surface area contributed by atoms with E-state index in [0.717, 1.165) is 33.6 Å². The monoisotopic (exact) mass is 346 g/mol. The van der Waals surface area contributed by atoms with Crippen LogP contribution < -0.4 is 10.1 Å². The molecule has 1 aliphatic rings. The van der Waals surface area contributed by atoms with Crippen molar-refractivity contribution in [1.29, 1.82) is 0 Å². The molecule has 0 spiro atoms. The summed E-state index contributed by atoms with van der Waals surface area (Å²) in [6, 6.07) is 10.6. The minimum atomic E-state index is 0.645. The molecule has 110 valence electrons. The molecule has 1 N–H and O–H groups in total. The fraction of sp³-hybridized carbons (Fsp3) is 0.353. The van der Waals surface area contributed by atoms with Crippen LogP contribution in [0, 0.1) is 13.8 Å². The molecule has 1 aliphatic carbocycles. The van der Waals surface area contributed by atoms with Crippen molar-refractivity contribution in [3.63, 3.8) is 0 Å². The van der Waals surface area contributed by atoms with Gasteiger partial charge in [-0.25, -0.2) is 4.98 Å². The summed E-state index contributed by atoms with van der Waals surface area (Å²) >= 11 is 3.57. The Hall–Kier alpha value is -1.39. The van der Waals surface area contributed by atoms with Gasteiger partial charge in [-0.1, -0.05) is 22.0 Å². The van der Waals surface area contributed by atoms with E-state index in [4.69, 9.17) is 4.74 Å². The number of nitrogens with one attached hydrogen (secondary N) is 1. The number of nitrogens with zero attached hydrogens (tertiary/aromatic N) is 1. The molecule has 3 rings (SSSR count). The number of rotatable bonds is 5. The highest BCUT2D eigenvalue weighted by Gasteiger charge is 2.20. The fourth-order valence-electron chi connectivity index (χ4n) is 2.24. The summed E-state index contributed by atoms with van der Waals surface area (Å²) < 4.78 is 7.03. The normalized spacial score (nSPS) is 14.2. The van der Waals surface area contributed by atoms with Gasteiger partial charge in [0.2, 0.25) is 5.88 Å². The number of pyridine rings is 1. The van der Waals surface area contributed by atoms with E-state index >= 15 is 0 Å². The van der Waals surface area contributed by atoms with Crippen LogP contribution in [0.1, 0.15) is 29.7 Å². The van der Waals surface area contributed by atoms with Crippen molar-refractivity contribution in [3.8, 4) is 11.6 Å². The Bertz CT molecular complexity index is 630. The van der Waals surface area contributed by atoms with Crippen molar-refractivity contribution in [2.24, 2.45) is 0 Å². The van der Waals surface area contributed by atoms with Crippen LogP contribution in [0.25, 0.3) is 0 Å². The lowest BCUT2D eigenvalue weighted by molar-refractivity contribution is 0.458. The lowest BCUT2D eigenvalue weighted by Crippen LogP contribution is -2.16. The first-order valence-electron chi connectivity index (χ1n) is 7.26. The Morgan fingerprint density at radius 2 is 1.95 bits per heavy atom. The van der Waals surface area contributed by atoms with Gasteiger partial charge >= 0.3 is 0 Å². The first-order valence-corrected chi connectivity index (χ1v) is 8.05. The Balaban J connectivity index is 1.73. The standard InChI is InChI=1S/C17H19BrN2O/c1-11-8-15(9-12(2)17(11)18)21-16-5-3-4-14(20-16)10-19-13-6-7-13/h3-5,8-9,13,19H,6-7,10H2,1-2H3. The number of hydrogen-bond donors (Lipinski definition) is 1. The third-order valence-corrected chi connectivity index (χ3v) is 4.81. The maximum atomic E-state index is 5.90. The van der Waals surface area contributed by atoms with Gasteiger partial charge in [-0.2, -0.15) is 0 Å². The number of aryl methyl sites for hydroxylation is 2. The minimum absolute atomic E-state index is 0.645. The molecule has 0 aliphatic heterocycles. The summed E-state index contributed by atoms with van der Waals surface area (Å²) in [5, 5.41) is 3.47. The molecule has 21 heavy (non-hydrogen) atoms. The van der Waals surface area contributed by atoms with Crippen LogP contribution in [0.4, 0.5) is 0 Å². The first-order chi connectivity index (χ1) is 10.1. The fourth-order valence-corrected chi connectivity index (χ4v) is 2.46. The van der Waals surface area contributed by atoms with E-state index < -0.39 is 0 Å². The molecule has 0 unspecified atom stereocenters. The van der Waals surface area contributed by atoms with E-state index in [1.54, 1.807) is 0 Å². The van der Waals surface area contributed by atoms with Gasteiger partial charge in [-0.15, -0.1) is 0 Å². The van der Waals surface area contributed by atoms with Gasteiger partial charge in [0.05, 0.1) is 5.69 Å². The molecule has 1 heterocycles. The van der Waals surface area contributed by atoms with Crippen LogP contribution in [0.15, 0.2) is 34.8 Å². The zero-order valence-electron chi connectivity index (χ0n) is 12.3. The third-order valence-electron chi connectivity index (χ3n) is 3.56. The summed E-state index contributed by atoms with van der Waals surface area (Å²) in [6.07, 6.45) is 2.57. The van der Waals surface area contributed by atoms with Crippen molar-refractivity contribution in [2.75, 3.05) is 0 Å². The van der Waals surface area contributed by atoms with Gasteiger partial charge in [0.1, 0.15) is 5.75 Å². The summed E-state index contributed by atoms with van der Waals surface area (Å²) in [5.41, 5.74) is 3.35. The van der Waals surface area contributed by atoms with E-state index in [-0.39, 0.29) is 0 Å². The van der Waals surface area contributed by atoms with Crippen LogP contribution in [-0.2, 0) is 6.54 Å². The van der Waals surface area contributed by atoms with Crippen LogP contribution in [0.3, 0.4) is 0 Å². The molecule has 0 radical (unpaired) electrons. The van der Waals surface area contributed by atoms with Gasteiger partial charge in [0, 0.05) is 23.1 Å². The molecule has 1 aromatic carbocycles. The molecule has 3 nitrogen and oxygen atoms in total.